The van der Waals surface area contributed by atoms with Crippen molar-refractivity contribution in [1.82, 2.24) is 10.2 Å². The summed E-state index contributed by atoms with van der Waals surface area (Å²) in [5.74, 6) is -0.618. The number of rotatable bonds is 13. The summed E-state index contributed by atoms with van der Waals surface area (Å²) in [4.78, 5) is 25.7. The minimum atomic E-state index is -0.473. The van der Waals surface area contributed by atoms with Crippen LogP contribution in [0.25, 0.3) is 0 Å². The van der Waals surface area contributed by atoms with Gasteiger partial charge in [0.15, 0.2) is 5.96 Å². The number of amides is 1. The van der Waals surface area contributed by atoms with E-state index in [-0.39, 0.29) is 24.5 Å². The highest BCUT2D eigenvalue weighted by Gasteiger charge is 2.27. The first-order valence-electron chi connectivity index (χ1n) is 10.4. The maximum Gasteiger partial charge on any atom is 0.325 e. The quantitative estimate of drug-likeness (QED) is 0.159. The summed E-state index contributed by atoms with van der Waals surface area (Å²) in [6.07, 6.45) is 9.60. The molecule has 6 nitrogen and oxygen atoms in total. The van der Waals surface area contributed by atoms with Gasteiger partial charge in [-0.3, -0.25) is 20.3 Å². The fraction of sp³-hybridized carbons (Fsp3) is 0.833. The van der Waals surface area contributed by atoms with E-state index in [1.54, 1.807) is 18.7 Å². The monoisotopic (exact) mass is 377 g/mol. The molecule has 0 bridgehead atoms. The second-order valence-corrected chi connectivity index (χ2v) is 8.42. The highest BCUT2D eigenvalue weighted by molar-refractivity contribution is 6.59. The molecule has 1 amide bonds. The number of nitrogens with one attached hydrogen (secondary N) is 2. The summed E-state index contributed by atoms with van der Waals surface area (Å²) in [5.41, 5.74) is 0. The third-order valence-corrected chi connectivity index (χ3v) is 4.25. The molecule has 0 aromatic heterocycles. The van der Waals surface area contributed by atoms with Crippen molar-refractivity contribution in [3.8, 4) is 0 Å². The maximum atomic E-state index is 12.1. The molecule has 0 aliphatic rings. The Hall–Kier alpha value is -1.40. The van der Waals surface area contributed by atoms with E-state index in [0.29, 0.717) is 6.42 Å². The van der Waals surface area contributed by atoms with Crippen molar-refractivity contribution in [2.75, 3.05) is 6.54 Å². The molecular weight excluding hydrogens is 339 g/mol. The summed E-state index contributed by atoms with van der Waals surface area (Å²) in [7, 11) is 5.69. The predicted molar refractivity (Wildman–Crippen MR) is 119 cm³/mol. The summed E-state index contributed by atoms with van der Waals surface area (Å²) in [5, 5.41) is 10.4. The smallest absolute Gasteiger partial charge is 0.325 e. The highest BCUT2D eigenvalue weighted by Crippen LogP contribution is 2.10. The van der Waals surface area contributed by atoms with Crippen LogP contribution in [-0.2, 0) is 14.3 Å². The summed E-state index contributed by atoms with van der Waals surface area (Å²) in [6, 6.07) is 0. The lowest BCUT2D eigenvalue weighted by molar-refractivity contribution is -0.148. The van der Waals surface area contributed by atoms with Crippen LogP contribution in [0.2, 0.25) is 0 Å². The highest BCUT2D eigenvalue weighted by atomic mass is 16.5. The molecule has 0 fully saturated rings. The fourth-order valence-electron chi connectivity index (χ4n) is 2.76. The standard InChI is InChI=1S/C18H38B3N3O3/c1-4-5-6-7-8-9-10-11-12-15(25)23-17(22)24(18(19,20)21)13-16(26)27-14(2)3/h14H,4-13,19-21H2,1-3H3,(H2,22,23,25). The Labute approximate surface area is 168 Å². The van der Waals surface area contributed by atoms with Gasteiger partial charge >= 0.3 is 5.97 Å². The zero-order valence-corrected chi connectivity index (χ0v) is 18.3. The predicted octanol–water partition coefficient (Wildman–Crippen LogP) is 0.332. The number of carbonyl (C=O) groups is 2. The molecule has 0 aliphatic heterocycles. The molecule has 2 N–H and O–H groups in total. The summed E-state index contributed by atoms with van der Waals surface area (Å²) in [6.45, 7) is 5.73. The summed E-state index contributed by atoms with van der Waals surface area (Å²) >= 11 is 0. The van der Waals surface area contributed by atoms with Crippen LogP contribution in [0.1, 0.15) is 78.6 Å². The molecule has 0 unspecified atom stereocenters. The lowest BCUT2D eigenvalue weighted by Gasteiger charge is -2.37. The van der Waals surface area contributed by atoms with E-state index in [2.05, 4.69) is 12.2 Å². The summed E-state index contributed by atoms with van der Waals surface area (Å²) < 4.78 is 5.17. The number of ether oxygens (including phenoxy) is 1. The van der Waals surface area contributed by atoms with Gasteiger partial charge in [0.1, 0.15) is 30.1 Å². The Morgan fingerprint density at radius 1 is 1.04 bits per heavy atom. The minimum Gasteiger partial charge on any atom is -0.462 e. The van der Waals surface area contributed by atoms with Crippen molar-refractivity contribution in [2.45, 2.75) is 89.9 Å². The van der Waals surface area contributed by atoms with Gasteiger partial charge in [-0.25, -0.2) is 0 Å². The molecule has 27 heavy (non-hydrogen) atoms. The Kier molecular flexibility index (Phi) is 13.0. The van der Waals surface area contributed by atoms with Gasteiger partial charge in [-0.1, -0.05) is 51.9 Å². The number of esters is 1. The van der Waals surface area contributed by atoms with Gasteiger partial charge in [-0.05, 0) is 25.5 Å². The molecule has 0 saturated carbocycles. The van der Waals surface area contributed by atoms with Crippen molar-refractivity contribution in [3.05, 3.63) is 0 Å². The molecule has 0 saturated heterocycles. The molecule has 0 rings (SSSR count). The normalized spacial score (nSPS) is 11.3. The van der Waals surface area contributed by atoms with Gasteiger partial charge in [-0.2, -0.15) is 0 Å². The van der Waals surface area contributed by atoms with E-state index in [1.807, 2.05) is 23.5 Å². The third kappa shape index (κ3) is 13.4. The first kappa shape index (κ1) is 25.6. The largest absolute Gasteiger partial charge is 0.462 e. The molecule has 0 atom stereocenters. The van der Waals surface area contributed by atoms with Crippen LogP contribution in [0.4, 0.5) is 0 Å². The molecule has 0 spiro atoms. The number of hydrogen-bond donors (Lipinski definition) is 2. The second-order valence-electron chi connectivity index (χ2n) is 8.42. The van der Waals surface area contributed by atoms with E-state index in [9.17, 15) is 9.59 Å². The van der Waals surface area contributed by atoms with Crippen LogP contribution in [-0.4, -0.2) is 64.2 Å². The zero-order valence-electron chi connectivity index (χ0n) is 18.3. The average Bonchev–Trinajstić information content (AvgIpc) is 2.53. The first-order chi connectivity index (χ1) is 12.6. The molecule has 0 aliphatic carbocycles. The lowest BCUT2D eigenvalue weighted by Crippen LogP contribution is -2.59. The SMILES string of the molecule is BC(B)(B)N(CC(=O)OC(C)C)C(=N)NC(=O)CCCCCCCCCC. The Morgan fingerprint density at radius 3 is 2.04 bits per heavy atom. The number of hydrogen-bond acceptors (Lipinski definition) is 4. The van der Waals surface area contributed by atoms with Crippen LogP contribution >= 0.6 is 0 Å². The maximum absolute atomic E-state index is 12.1. The molecule has 152 valence electrons. The molecule has 0 radical (unpaired) electrons. The molecule has 0 aromatic carbocycles. The molecule has 9 heteroatoms. The van der Waals surface area contributed by atoms with Gasteiger partial charge in [-0.15, -0.1) is 0 Å². The molecular formula is C18H38B3N3O3. The van der Waals surface area contributed by atoms with Gasteiger partial charge in [0.05, 0.1) is 6.10 Å². The number of nitrogens with zero attached hydrogens (tertiary/aromatic N) is 1. The van der Waals surface area contributed by atoms with Crippen LogP contribution in [0.5, 0.6) is 0 Å². The van der Waals surface area contributed by atoms with Crippen LogP contribution in [0.3, 0.4) is 0 Å². The van der Waals surface area contributed by atoms with Gasteiger partial charge in [0.2, 0.25) is 5.91 Å². The topological polar surface area (TPSA) is 82.5 Å². The third-order valence-electron chi connectivity index (χ3n) is 4.25. The molecule has 0 heterocycles. The van der Waals surface area contributed by atoms with Crippen molar-refractivity contribution in [1.29, 1.82) is 5.41 Å². The number of guanidine groups is 1. The van der Waals surface area contributed by atoms with Crippen molar-refractivity contribution < 1.29 is 14.3 Å². The average molecular weight is 377 g/mol. The minimum absolute atomic E-state index is 0.0484. The van der Waals surface area contributed by atoms with Crippen molar-refractivity contribution in [2.24, 2.45) is 0 Å². The van der Waals surface area contributed by atoms with E-state index in [1.165, 1.54) is 32.1 Å². The lowest BCUT2D eigenvalue weighted by atomic mass is 9.48. The Balaban J connectivity index is 4.26. The van der Waals surface area contributed by atoms with E-state index >= 15 is 0 Å². The van der Waals surface area contributed by atoms with E-state index in [0.717, 1.165) is 19.3 Å². The zero-order chi connectivity index (χ0) is 20.9. The van der Waals surface area contributed by atoms with Crippen molar-refractivity contribution in [3.63, 3.8) is 0 Å². The van der Waals surface area contributed by atoms with Crippen LogP contribution in [0, 0.1) is 5.41 Å². The Morgan fingerprint density at radius 2 is 1.56 bits per heavy atom. The molecule has 0 aromatic rings. The van der Waals surface area contributed by atoms with E-state index < -0.39 is 11.2 Å². The van der Waals surface area contributed by atoms with Gasteiger partial charge < -0.3 is 9.64 Å². The van der Waals surface area contributed by atoms with Gasteiger partial charge in [0, 0.05) is 6.42 Å². The first-order valence-corrected chi connectivity index (χ1v) is 10.4. The Bertz CT molecular complexity index is 469. The number of unbranched alkanes of at least 4 members (excludes halogenated alkanes) is 7. The van der Waals surface area contributed by atoms with E-state index in [4.69, 9.17) is 10.1 Å². The van der Waals surface area contributed by atoms with Crippen molar-refractivity contribution >= 4 is 41.4 Å². The second kappa shape index (κ2) is 13.7. The van der Waals surface area contributed by atoms with Gasteiger partial charge in [0.25, 0.3) is 0 Å². The fourth-order valence-corrected chi connectivity index (χ4v) is 2.76. The van der Waals surface area contributed by atoms with Crippen LogP contribution < -0.4 is 5.32 Å². The van der Waals surface area contributed by atoms with Crippen LogP contribution in [0.15, 0.2) is 0 Å². The number of carbonyl (C=O) groups excluding carboxylic acids is 2.